The first-order valence-electron chi connectivity index (χ1n) is 7.16. The summed E-state index contributed by atoms with van der Waals surface area (Å²) in [7, 11) is 0. The third-order valence-corrected chi connectivity index (χ3v) is 3.26. The number of rotatable bonds is 10. The van der Waals surface area contributed by atoms with Crippen LogP contribution in [0, 0.1) is 16.7 Å². The molecule has 0 saturated heterocycles. The van der Waals surface area contributed by atoms with Crippen LogP contribution in [0.5, 0.6) is 0 Å². The average molecular weight is 238 g/mol. The van der Waals surface area contributed by atoms with Gasteiger partial charge in [0.15, 0.2) is 0 Å². The van der Waals surface area contributed by atoms with Crippen molar-refractivity contribution in [2.45, 2.75) is 78.7 Å². The number of nitrogens with one attached hydrogen (secondary N) is 1. The zero-order valence-corrected chi connectivity index (χ0v) is 12.2. The van der Waals surface area contributed by atoms with E-state index in [1.165, 1.54) is 32.1 Å². The second-order valence-electron chi connectivity index (χ2n) is 5.80. The molecule has 0 spiro atoms. The molecule has 0 bridgehead atoms. The van der Waals surface area contributed by atoms with Gasteiger partial charge in [-0.25, -0.2) is 0 Å². The summed E-state index contributed by atoms with van der Waals surface area (Å²) in [4.78, 5) is 0. The van der Waals surface area contributed by atoms with E-state index in [0.29, 0.717) is 6.04 Å². The summed E-state index contributed by atoms with van der Waals surface area (Å²) in [5.41, 5.74) is -0.146. The van der Waals surface area contributed by atoms with Crippen molar-refractivity contribution in [3.8, 4) is 6.07 Å². The number of hydrogen-bond acceptors (Lipinski definition) is 2. The molecular formula is C15H30N2. The Labute approximate surface area is 108 Å². The van der Waals surface area contributed by atoms with Crippen molar-refractivity contribution in [1.29, 1.82) is 5.26 Å². The minimum atomic E-state index is -0.146. The van der Waals surface area contributed by atoms with E-state index in [4.69, 9.17) is 5.26 Å². The Balaban J connectivity index is 3.37. The van der Waals surface area contributed by atoms with Crippen LogP contribution in [0.4, 0.5) is 0 Å². The number of nitrogens with zero attached hydrogens (tertiary/aromatic N) is 1. The molecule has 1 N–H and O–H groups in total. The van der Waals surface area contributed by atoms with E-state index in [0.717, 1.165) is 19.4 Å². The van der Waals surface area contributed by atoms with Crippen molar-refractivity contribution in [1.82, 2.24) is 5.32 Å². The lowest BCUT2D eigenvalue weighted by Gasteiger charge is -2.16. The van der Waals surface area contributed by atoms with E-state index in [1.54, 1.807) is 0 Å². The van der Waals surface area contributed by atoms with Gasteiger partial charge >= 0.3 is 0 Å². The van der Waals surface area contributed by atoms with Gasteiger partial charge in [-0.2, -0.15) is 5.26 Å². The van der Waals surface area contributed by atoms with Crippen LogP contribution in [-0.2, 0) is 0 Å². The molecule has 0 aromatic heterocycles. The molecule has 0 amide bonds. The summed E-state index contributed by atoms with van der Waals surface area (Å²) in [5, 5.41) is 12.5. The topological polar surface area (TPSA) is 35.8 Å². The van der Waals surface area contributed by atoms with Gasteiger partial charge in [-0.05, 0) is 46.6 Å². The summed E-state index contributed by atoms with van der Waals surface area (Å²) in [5.74, 6) is 0. The number of hydrogen-bond donors (Lipinski definition) is 1. The van der Waals surface area contributed by atoms with E-state index >= 15 is 0 Å². The summed E-state index contributed by atoms with van der Waals surface area (Å²) >= 11 is 0. The van der Waals surface area contributed by atoms with Crippen LogP contribution in [0.1, 0.15) is 72.6 Å². The molecule has 100 valence electrons. The molecule has 0 fully saturated rings. The number of unbranched alkanes of at least 4 members (excludes halogenated alkanes) is 3. The monoisotopic (exact) mass is 238 g/mol. The molecule has 1 unspecified atom stereocenters. The molecule has 17 heavy (non-hydrogen) atoms. The van der Waals surface area contributed by atoms with E-state index < -0.39 is 0 Å². The smallest absolute Gasteiger partial charge is 0.0683 e. The lowest BCUT2D eigenvalue weighted by molar-refractivity contribution is 0.412. The van der Waals surface area contributed by atoms with E-state index in [1.807, 2.05) is 13.8 Å². The molecule has 0 aromatic rings. The quantitative estimate of drug-likeness (QED) is 0.577. The summed E-state index contributed by atoms with van der Waals surface area (Å²) < 4.78 is 0. The zero-order valence-electron chi connectivity index (χ0n) is 12.2. The third kappa shape index (κ3) is 10.3. The Hall–Kier alpha value is -0.550. The van der Waals surface area contributed by atoms with E-state index in [2.05, 4.69) is 25.2 Å². The van der Waals surface area contributed by atoms with Crippen LogP contribution in [0.25, 0.3) is 0 Å². The van der Waals surface area contributed by atoms with Crippen molar-refractivity contribution >= 4 is 0 Å². The Kier molecular flexibility index (Phi) is 9.17. The van der Waals surface area contributed by atoms with Crippen molar-refractivity contribution < 1.29 is 0 Å². The molecule has 0 saturated carbocycles. The van der Waals surface area contributed by atoms with Gasteiger partial charge in [-0.3, -0.25) is 0 Å². The van der Waals surface area contributed by atoms with Gasteiger partial charge in [0.1, 0.15) is 0 Å². The molecular weight excluding hydrogens is 208 g/mol. The average Bonchev–Trinajstić information content (AvgIpc) is 2.29. The van der Waals surface area contributed by atoms with Crippen molar-refractivity contribution in [2.75, 3.05) is 6.54 Å². The highest BCUT2D eigenvalue weighted by Crippen LogP contribution is 2.21. The third-order valence-electron chi connectivity index (χ3n) is 3.26. The molecule has 1 atom stereocenters. The second kappa shape index (κ2) is 9.48. The lowest BCUT2D eigenvalue weighted by atomic mass is 9.89. The fourth-order valence-corrected chi connectivity index (χ4v) is 1.90. The van der Waals surface area contributed by atoms with Crippen LogP contribution < -0.4 is 5.32 Å². The highest BCUT2D eigenvalue weighted by Gasteiger charge is 2.15. The van der Waals surface area contributed by atoms with Gasteiger partial charge in [-0.1, -0.05) is 32.6 Å². The normalized spacial score (nSPS) is 13.4. The van der Waals surface area contributed by atoms with Crippen LogP contribution in [0.2, 0.25) is 0 Å². The molecule has 0 radical (unpaired) electrons. The van der Waals surface area contributed by atoms with Gasteiger partial charge in [0.2, 0.25) is 0 Å². The summed E-state index contributed by atoms with van der Waals surface area (Å²) in [6.07, 6.45) is 8.62. The van der Waals surface area contributed by atoms with E-state index in [-0.39, 0.29) is 5.41 Å². The molecule has 0 aliphatic rings. The van der Waals surface area contributed by atoms with Crippen LogP contribution in [0.3, 0.4) is 0 Å². The molecule has 2 heteroatoms. The van der Waals surface area contributed by atoms with E-state index in [9.17, 15) is 0 Å². The van der Waals surface area contributed by atoms with Crippen molar-refractivity contribution in [3.05, 3.63) is 0 Å². The first kappa shape index (κ1) is 16.4. The van der Waals surface area contributed by atoms with Crippen molar-refractivity contribution in [2.24, 2.45) is 5.41 Å². The largest absolute Gasteiger partial charge is 0.314 e. The second-order valence-corrected chi connectivity index (χ2v) is 5.80. The minimum absolute atomic E-state index is 0.146. The van der Waals surface area contributed by atoms with Gasteiger partial charge in [0.05, 0.1) is 11.5 Å². The van der Waals surface area contributed by atoms with Crippen LogP contribution in [0.15, 0.2) is 0 Å². The Morgan fingerprint density at radius 1 is 1.18 bits per heavy atom. The molecule has 0 heterocycles. The standard InChI is InChI=1S/C15H30N2/c1-5-6-7-10-14(2)17-12-9-8-11-15(3,4)13-16/h14,17H,5-12H2,1-4H3. The van der Waals surface area contributed by atoms with Gasteiger partial charge < -0.3 is 5.32 Å². The predicted molar refractivity (Wildman–Crippen MR) is 74.9 cm³/mol. The first-order chi connectivity index (χ1) is 8.02. The maximum atomic E-state index is 8.89. The maximum Gasteiger partial charge on any atom is 0.0683 e. The Morgan fingerprint density at radius 2 is 1.88 bits per heavy atom. The summed E-state index contributed by atoms with van der Waals surface area (Å²) in [6, 6.07) is 3.00. The minimum Gasteiger partial charge on any atom is -0.314 e. The molecule has 2 nitrogen and oxygen atoms in total. The lowest BCUT2D eigenvalue weighted by Crippen LogP contribution is -2.27. The van der Waals surface area contributed by atoms with Gasteiger partial charge in [0.25, 0.3) is 0 Å². The Morgan fingerprint density at radius 3 is 2.47 bits per heavy atom. The maximum absolute atomic E-state index is 8.89. The molecule has 0 aliphatic carbocycles. The molecule has 0 aromatic carbocycles. The highest BCUT2D eigenvalue weighted by atomic mass is 14.9. The van der Waals surface area contributed by atoms with Gasteiger partial charge in [-0.15, -0.1) is 0 Å². The first-order valence-corrected chi connectivity index (χ1v) is 7.16. The molecule has 0 aliphatic heterocycles. The SMILES string of the molecule is CCCCCC(C)NCCCCC(C)(C)C#N. The van der Waals surface area contributed by atoms with Gasteiger partial charge in [0, 0.05) is 6.04 Å². The zero-order chi connectivity index (χ0) is 13.1. The fourth-order valence-electron chi connectivity index (χ4n) is 1.90. The highest BCUT2D eigenvalue weighted by molar-refractivity contribution is 4.91. The van der Waals surface area contributed by atoms with Crippen molar-refractivity contribution in [3.63, 3.8) is 0 Å². The number of nitriles is 1. The van der Waals surface area contributed by atoms with Crippen LogP contribution >= 0.6 is 0 Å². The Bertz CT molecular complexity index is 215. The molecule has 0 rings (SSSR count). The predicted octanol–water partition coefficient (Wildman–Crippen LogP) is 4.26. The fraction of sp³-hybridized carbons (Fsp3) is 0.933. The van der Waals surface area contributed by atoms with Crippen LogP contribution in [-0.4, -0.2) is 12.6 Å². The summed E-state index contributed by atoms with van der Waals surface area (Å²) in [6.45, 7) is 9.65.